The standard InChI is InChI=1S/C23H35ClN4O2/c1-16(2)23(30)28(19-6-4-3-5-7-19)20-12-13-27(15-20)26-22(29)21(25)14-17-8-10-18(24)11-9-17/h8-11,16,19-21H,3-7,12-15,25H2,1-2H3,(H,26,29)/t20-,21-/m1/s1. The van der Waals surface area contributed by atoms with Crippen molar-refractivity contribution in [1.29, 1.82) is 0 Å². The van der Waals surface area contributed by atoms with Gasteiger partial charge in [0.1, 0.15) is 0 Å². The Kier molecular flexibility index (Phi) is 8.14. The lowest BCUT2D eigenvalue weighted by molar-refractivity contribution is -0.140. The molecule has 0 aromatic heterocycles. The lowest BCUT2D eigenvalue weighted by atomic mass is 9.92. The molecule has 3 rings (SSSR count). The van der Waals surface area contributed by atoms with Crippen LogP contribution in [0.3, 0.4) is 0 Å². The van der Waals surface area contributed by atoms with Gasteiger partial charge in [-0.05, 0) is 43.4 Å². The SMILES string of the molecule is CC(C)C(=O)N(C1CCCCC1)[C@@H]1CCN(NC(=O)[C@H](N)Cc2ccc(Cl)cc2)C1. The minimum atomic E-state index is -0.628. The number of amides is 2. The fourth-order valence-corrected chi connectivity index (χ4v) is 4.72. The predicted octanol–water partition coefficient (Wildman–Crippen LogP) is 3.13. The Morgan fingerprint density at radius 1 is 1.13 bits per heavy atom. The minimum Gasteiger partial charge on any atom is -0.335 e. The zero-order chi connectivity index (χ0) is 21.7. The summed E-state index contributed by atoms with van der Waals surface area (Å²) in [6, 6.07) is 7.24. The molecule has 2 fully saturated rings. The molecule has 1 saturated carbocycles. The molecule has 30 heavy (non-hydrogen) atoms. The molecule has 0 radical (unpaired) electrons. The average Bonchev–Trinajstić information content (AvgIpc) is 3.18. The van der Waals surface area contributed by atoms with Crippen LogP contribution in [0.25, 0.3) is 0 Å². The van der Waals surface area contributed by atoms with Crippen molar-refractivity contribution in [2.24, 2.45) is 11.7 Å². The van der Waals surface area contributed by atoms with Gasteiger partial charge >= 0.3 is 0 Å². The number of nitrogens with zero attached hydrogens (tertiary/aromatic N) is 2. The van der Waals surface area contributed by atoms with E-state index in [2.05, 4.69) is 10.3 Å². The Morgan fingerprint density at radius 3 is 2.43 bits per heavy atom. The number of carbonyl (C=O) groups is 2. The van der Waals surface area contributed by atoms with Gasteiger partial charge in [0, 0.05) is 36.1 Å². The monoisotopic (exact) mass is 434 g/mol. The van der Waals surface area contributed by atoms with E-state index < -0.39 is 6.04 Å². The van der Waals surface area contributed by atoms with E-state index in [0.717, 1.165) is 31.4 Å². The topological polar surface area (TPSA) is 78.7 Å². The average molecular weight is 435 g/mol. The molecule has 1 aromatic rings. The van der Waals surface area contributed by atoms with E-state index in [0.29, 0.717) is 24.0 Å². The van der Waals surface area contributed by atoms with Gasteiger partial charge < -0.3 is 10.6 Å². The molecule has 0 spiro atoms. The third kappa shape index (κ3) is 5.96. The smallest absolute Gasteiger partial charge is 0.251 e. The summed E-state index contributed by atoms with van der Waals surface area (Å²) in [5, 5.41) is 2.59. The fourth-order valence-electron chi connectivity index (χ4n) is 4.59. The van der Waals surface area contributed by atoms with E-state index in [9.17, 15) is 9.59 Å². The van der Waals surface area contributed by atoms with Crippen molar-refractivity contribution >= 4 is 23.4 Å². The van der Waals surface area contributed by atoms with Crippen molar-refractivity contribution < 1.29 is 9.59 Å². The molecule has 0 bridgehead atoms. The third-order valence-electron chi connectivity index (χ3n) is 6.25. The molecule has 6 nitrogen and oxygen atoms in total. The second-order valence-electron chi connectivity index (χ2n) is 8.99. The molecule has 1 saturated heterocycles. The first kappa shape index (κ1) is 23.0. The van der Waals surface area contributed by atoms with Crippen LogP contribution in [-0.2, 0) is 16.0 Å². The summed E-state index contributed by atoms with van der Waals surface area (Å²) in [7, 11) is 0. The quantitative estimate of drug-likeness (QED) is 0.691. The van der Waals surface area contributed by atoms with Crippen LogP contribution in [0.1, 0.15) is 57.9 Å². The molecule has 1 aromatic carbocycles. The van der Waals surface area contributed by atoms with Crippen molar-refractivity contribution in [2.75, 3.05) is 13.1 Å². The highest BCUT2D eigenvalue weighted by atomic mass is 35.5. The molecule has 2 amide bonds. The maximum absolute atomic E-state index is 13.0. The first-order valence-electron chi connectivity index (χ1n) is 11.2. The van der Waals surface area contributed by atoms with Crippen LogP contribution in [0, 0.1) is 5.92 Å². The van der Waals surface area contributed by atoms with Crippen LogP contribution in [0.2, 0.25) is 5.02 Å². The van der Waals surface area contributed by atoms with E-state index >= 15 is 0 Å². The Bertz CT molecular complexity index is 718. The summed E-state index contributed by atoms with van der Waals surface area (Å²) >= 11 is 5.92. The maximum atomic E-state index is 13.0. The van der Waals surface area contributed by atoms with Gasteiger partial charge in [0.15, 0.2) is 0 Å². The fraction of sp³-hybridized carbons (Fsp3) is 0.652. The Balaban J connectivity index is 1.56. The Labute approximate surface area is 185 Å². The van der Waals surface area contributed by atoms with Gasteiger partial charge in [-0.2, -0.15) is 0 Å². The third-order valence-corrected chi connectivity index (χ3v) is 6.50. The van der Waals surface area contributed by atoms with Gasteiger partial charge in [-0.3, -0.25) is 15.0 Å². The molecule has 1 aliphatic carbocycles. The maximum Gasteiger partial charge on any atom is 0.251 e. The number of rotatable bonds is 7. The summed E-state index contributed by atoms with van der Waals surface area (Å²) in [5.74, 6) is 0.0351. The van der Waals surface area contributed by atoms with Gasteiger partial charge in [0.05, 0.1) is 6.04 Å². The molecule has 2 aliphatic rings. The van der Waals surface area contributed by atoms with Crippen LogP contribution in [-0.4, -0.2) is 52.9 Å². The number of carbonyl (C=O) groups excluding carboxylic acids is 2. The van der Waals surface area contributed by atoms with Gasteiger partial charge in [0.2, 0.25) is 5.91 Å². The second-order valence-corrected chi connectivity index (χ2v) is 9.43. The largest absolute Gasteiger partial charge is 0.335 e. The second kappa shape index (κ2) is 10.6. The minimum absolute atomic E-state index is 0.0108. The molecule has 1 heterocycles. The normalized spacial score (nSPS) is 21.6. The van der Waals surface area contributed by atoms with Crippen LogP contribution >= 0.6 is 11.6 Å². The van der Waals surface area contributed by atoms with Crippen molar-refractivity contribution in [3.05, 3.63) is 34.9 Å². The number of halogens is 1. The molecule has 0 unspecified atom stereocenters. The van der Waals surface area contributed by atoms with Gasteiger partial charge in [-0.1, -0.05) is 56.8 Å². The molecule has 1 aliphatic heterocycles. The van der Waals surface area contributed by atoms with Crippen molar-refractivity contribution in [2.45, 2.75) is 76.9 Å². The summed E-state index contributed by atoms with van der Waals surface area (Å²) < 4.78 is 0. The van der Waals surface area contributed by atoms with Crippen LogP contribution < -0.4 is 11.2 Å². The predicted molar refractivity (Wildman–Crippen MR) is 120 cm³/mol. The van der Waals surface area contributed by atoms with E-state index in [1.54, 1.807) is 12.1 Å². The highest BCUT2D eigenvalue weighted by Gasteiger charge is 2.37. The van der Waals surface area contributed by atoms with Gasteiger partial charge in [0.25, 0.3) is 5.91 Å². The lowest BCUT2D eigenvalue weighted by Crippen LogP contribution is -2.53. The Morgan fingerprint density at radius 2 is 1.80 bits per heavy atom. The van der Waals surface area contributed by atoms with Crippen molar-refractivity contribution in [3.8, 4) is 0 Å². The lowest BCUT2D eigenvalue weighted by Gasteiger charge is -2.39. The summed E-state index contributed by atoms with van der Waals surface area (Å²) in [6.45, 7) is 5.35. The van der Waals surface area contributed by atoms with Gasteiger partial charge in [-0.25, -0.2) is 5.01 Å². The summed E-state index contributed by atoms with van der Waals surface area (Å²) in [6.07, 6.45) is 7.17. The van der Waals surface area contributed by atoms with Crippen molar-refractivity contribution in [1.82, 2.24) is 15.3 Å². The van der Waals surface area contributed by atoms with Crippen LogP contribution in [0.5, 0.6) is 0 Å². The summed E-state index contributed by atoms with van der Waals surface area (Å²) in [5.41, 5.74) is 10.1. The highest BCUT2D eigenvalue weighted by molar-refractivity contribution is 6.30. The molecular formula is C23H35ClN4O2. The zero-order valence-electron chi connectivity index (χ0n) is 18.1. The number of hydrogen-bond acceptors (Lipinski definition) is 4. The number of hydrogen-bond donors (Lipinski definition) is 2. The number of nitrogens with one attached hydrogen (secondary N) is 1. The van der Waals surface area contributed by atoms with E-state index in [1.807, 2.05) is 31.0 Å². The summed E-state index contributed by atoms with van der Waals surface area (Å²) in [4.78, 5) is 27.7. The van der Waals surface area contributed by atoms with E-state index in [4.69, 9.17) is 17.3 Å². The molecule has 2 atom stereocenters. The van der Waals surface area contributed by atoms with Crippen LogP contribution in [0.4, 0.5) is 0 Å². The van der Waals surface area contributed by atoms with Gasteiger partial charge in [-0.15, -0.1) is 0 Å². The first-order valence-corrected chi connectivity index (χ1v) is 11.6. The molecular weight excluding hydrogens is 400 g/mol. The molecule has 166 valence electrons. The van der Waals surface area contributed by atoms with Crippen molar-refractivity contribution in [3.63, 3.8) is 0 Å². The highest BCUT2D eigenvalue weighted by Crippen LogP contribution is 2.28. The number of hydrazine groups is 1. The molecule has 7 heteroatoms. The van der Waals surface area contributed by atoms with E-state index in [1.165, 1.54) is 19.3 Å². The molecule has 3 N–H and O–H groups in total. The number of benzene rings is 1. The zero-order valence-corrected chi connectivity index (χ0v) is 18.9. The van der Waals surface area contributed by atoms with E-state index in [-0.39, 0.29) is 23.8 Å². The number of nitrogens with two attached hydrogens (primary N) is 1. The Hall–Kier alpha value is -1.63. The van der Waals surface area contributed by atoms with Crippen LogP contribution in [0.15, 0.2) is 24.3 Å². The first-order chi connectivity index (χ1) is 14.3.